The van der Waals surface area contributed by atoms with E-state index in [2.05, 4.69) is 34.5 Å². The van der Waals surface area contributed by atoms with Gasteiger partial charge in [0.1, 0.15) is 11.6 Å². The fourth-order valence-corrected chi connectivity index (χ4v) is 2.53. The summed E-state index contributed by atoms with van der Waals surface area (Å²) in [4.78, 5) is 16.2. The van der Waals surface area contributed by atoms with Gasteiger partial charge in [-0.15, -0.1) is 0 Å². The van der Waals surface area contributed by atoms with Crippen LogP contribution in [0.1, 0.15) is 11.6 Å². The molecule has 5 nitrogen and oxygen atoms in total. The van der Waals surface area contributed by atoms with E-state index in [1.807, 2.05) is 33.1 Å². The lowest BCUT2D eigenvalue weighted by atomic mass is 10.1. The number of anilines is 1. The molecule has 26 heavy (non-hydrogen) atoms. The normalized spacial score (nSPS) is 11.9. The van der Waals surface area contributed by atoms with Gasteiger partial charge in [0.05, 0.1) is 6.04 Å². The van der Waals surface area contributed by atoms with E-state index >= 15 is 0 Å². The largest absolute Gasteiger partial charge is 0.484 e. The molecule has 1 atom stereocenters. The molecule has 6 heteroatoms. The Balaban J connectivity index is 1.89. The molecule has 0 fully saturated rings. The molecular formula is C20H26FN3O2. The van der Waals surface area contributed by atoms with Crippen LogP contribution in [0.2, 0.25) is 0 Å². The number of hydrogen-bond acceptors (Lipinski definition) is 4. The van der Waals surface area contributed by atoms with Gasteiger partial charge in [0.15, 0.2) is 6.61 Å². The monoisotopic (exact) mass is 359 g/mol. The van der Waals surface area contributed by atoms with Gasteiger partial charge in [0, 0.05) is 26.3 Å². The van der Waals surface area contributed by atoms with Crippen molar-refractivity contribution in [2.24, 2.45) is 0 Å². The highest BCUT2D eigenvalue weighted by molar-refractivity contribution is 5.77. The zero-order chi connectivity index (χ0) is 19.1. The van der Waals surface area contributed by atoms with Crippen LogP contribution in [0.15, 0.2) is 48.5 Å². The van der Waals surface area contributed by atoms with Crippen LogP contribution in [0.5, 0.6) is 5.75 Å². The number of rotatable bonds is 8. The first kappa shape index (κ1) is 19.7. The number of nitrogens with one attached hydrogen (secondary N) is 1. The van der Waals surface area contributed by atoms with E-state index in [0.717, 1.165) is 11.3 Å². The van der Waals surface area contributed by atoms with Crippen LogP contribution >= 0.6 is 0 Å². The summed E-state index contributed by atoms with van der Waals surface area (Å²) >= 11 is 0. The summed E-state index contributed by atoms with van der Waals surface area (Å²) in [6.07, 6.45) is 0. The number of benzene rings is 2. The van der Waals surface area contributed by atoms with E-state index in [0.29, 0.717) is 12.3 Å². The summed E-state index contributed by atoms with van der Waals surface area (Å²) in [5.41, 5.74) is 2.25. The maximum Gasteiger partial charge on any atom is 0.258 e. The number of nitrogens with zero attached hydrogens (tertiary/aromatic N) is 2. The number of carbonyl (C=O) groups excluding carboxylic acids is 1. The molecule has 0 saturated heterocycles. The molecule has 0 aliphatic rings. The molecule has 0 aliphatic carbocycles. The average Bonchev–Trinajstić information content (AvgIpc) is 2.61. The molecule has 0 bridgehead atoms. The summed E-state index contributed by atoms with van der Waals surface area (Å²) in [5.74, 6) is -0.0908. The quantitative estimate of drug-likeness (QED) is 0.787. The highest BCUT2D eigenvalue weighted by atomic mass is 19.1. The minimum Gasteiger partial charge on any atom is -0.484 e. The van der Waals surface area contributed by atoms with Gasteiger partial charge >= 0.3 is 0 Å². The average molecular weight is 359 g/mol. The molecule has 0 radical (unpaired) electrons. The van der Waals surface area contributed by atoms with Crippen LogP contribution in [-0.2, 0) is 4.79 Å². The first-order chi connectivity index (χ1) is 12.4. The van der Waals surface area contributed by atoms with Crippen molar-refractivity contribution in [1.29, 1.82) is 0 Å². The molecule has 0 aromatic heterocycles. The molecular weight excluding hydrogens is 333 g/mol. The minimum atomic E-state index is -0.337. The zero-order valence-corrected chi connectivity index (χ0v) is 15.7. The molecule has 2 rings (SSSR count). The number of amides is 1. The van der Waals surface area contributed by atoms with E-state index in [-0.39, 0.29) is 24.4 Å². The van der Waals surface area contributed by atoms with E-state index in [4.69, 9.17) is 4.74 Å². The molecule has 1 N–H and O–H groups in total. The van der Waals surface area contributed by atoms with E-state index in [1.54, 1.807) is 0 Å². The van der Waals surface area contributed by atoms with Gasteiger partial charge in [0.2, 0.25) is 0 Å². The van der Waals surface area contributed by atoms with Gasteiger partial charge in [0.25, 0.3) is 5.91 Å². The second-order valence-corrected chi connectivity index (χ2v) is 6.51. The number of halogens is 1. The van der Waals surface area contributed by atoms with Crippen molar-refractivity contribution in [3.05, 3.63) is 59.9 Å². The van der Waals surface area contributed by atoms with Gasteiger partial charge in [-0.3, -0.25) is 4.79 Å². The Hall–Kier alpha value is -2.60. The fraction of sp³-hybridized carbons (Fsp3) is 0.350. The Kier molecular flexibility index (Phi) is 6.97. The van der Waals surface area contributed by atoms with Gasteiger partial charge in [-0.05, 0) is 56.1 Å². The smallest absolute Gasteiger partial charge is 0.258 e. The predicted octanol–water partition coefficient (Wildman–Crippen LogP) is 2.69. The lowest BCUT2D eigenvalue weighted by molar-refractivity contribution is -0.123. The van der Waals surface area contributed by atoms with Gasteiger partial charge in [-0.1, -0.05) is 12.1 Å². The molecule has 0 heterocycles. The highest BCUT2D eigenvalue weighted by Gasteiger charge is 2.15. The second kappa shape index (κ2) is 9.20. The van der Waals surface area contributed by atoms with E-state index < -0.39 is 0 Å². The maximum absolute atomic E-state index is 12.9. The standard InChI is InChI=1S/C20H26FN3O2/c1-23(2)17-9-5-15(6-10-17)19(24(3)4)13-22-20(25)14-26-18-11-7-16(21)8-12-18/h5-12,19H,13-14H2,1-4H3,(H,22,25). The maximum atomic E-state index is 12.9. The number of carbonyl (C=O) groups is 1. The summed E-state index contributed by atoms with van der Waals surface area (Å²) in [5, 5.41) is 2.89. The summed E-state index contributed by atoms with van der Waals surface area (Å²) in [6.45, 7) is 0.366. The van der Waals surface area contributed by atoms with Crippen LogP contribution in [0.4, 0.5) is 10.1 Å². The Bertz CT molecular complexity index is 700. The first-order valence-electron chi connectivity index (χ1n) is 8.45. The van der Waals surface area contributed by atoms with Crippen molar-refractivity contribution in [2.45, 2.75) is 6.04 Å². The summed E-state index contributed by atoms with van der Waals surface area (Å²) in [6, 6.07) is 13.9. The third-order valence-corrected chi connectivity index (χ3v) is 4.09. The molecule has 1 amide bonds. The molecule has 2 aromatic carbocycles. The Morgan fingerprint density at radius 3 is 2.19 bits per heavy atom. The Morgan fingerprint density at radius 2 is 1.65 bits per heavy atom. The van der Waals surface area contributed by atoms with Crippen molar-refractivity contribution in [2.75, 3.05) is 46.2 Å². The molecule has 0 saturated carbocycles. The number of likely N-dealkylation sites (N-methyl/N-ethyl adjacent to an activating group) is 1. The number of ether oxygens (including phenoxy) is 1. The van der Waals surface area contributed by atoms with Crippen molar-refractivity contribution in [1.82, 2.24) is 10.2 Å². The van der Waals surface area contributed by atoms with Crippen molar-refractivity contribution >= 4 is 11.6 Å². The topological polar surface area (TPSA) is 44.8 Å². The Morgan fingerprint density at radius 1 is 1.04 bits per heavy atom. The lowest BCUT2D eigenvalue weighted by Crippen LogP contribution is -2.36. The van der Waals surface area contributed by atoms with Gasteiger partial charge < -0.3 is 19.9 Å². The number of hydrogen-bond donors (Lipinski definition) is 1. The van der Waals surface area contributed by atoms with Crippen molar-refractivity contribution < 1.29 is 13.9 Å². The van der Waals surface area contributed by atoms with Crippen LogP contribution in [0, 0.1) is 5.82 Å². The minimum absolute atomic E-state index is 0.0565. The van der Waals surface area contributed by atoms with Crippen LogP contribution in [0.25, 0.3) is 0 Å². The summed E-state index contributed by atoms with van der Waals surface area (Å²) in [7, 11) is 7.96. The fourth-order valence-electron chi connectivity index (χ4n) is 2.53. The predicted molar refractivity (Wildman–Crippen MR) is 102 cm³/mol. The van der Waals surface area contributed by atoms with Crippen LogP contribution < -0.4 is 15.0 Å². The third-order valence-electron chi connectivity index (χ3n) is 4.09. The van der Waals surface area contributed by atoms with Crippen molar-refractivity contribution in [3.8, 4) is 5.75 Å². The highest BCUT2D eigenvalue weighted by Crippen LogP contribution is 2.21. The van der Waals surface area contributed by atoms with Gasteiger partial charge in [-0.2, -0.15) is 0 Å². The van der Waals surface area contributed by atoms with E-state index in [9.17, 15) is 9.18 Å². The zero-order valence-electron chi connectivity index (χ0n) is 15.7. The van der Waals surface area contributed by atoms with E-state index in [1.165, 1.54) is 24.3 Å². The summed E-state index contributed by atoms with van der Waals surface area (Å²) < 4.78 is 18.2. The molecule has 2 aromatic rings. The van der Waals surface area contributed by atoms with Crippen LogP contribution in [-0.4, -0.2) is 52.1 Å². The molecule has 140 valence electrons. The lowest BCUT2D eigenvalue weighted by Gasteiger charge is -2.25. The van der Waals surface area contributed by atoms with Gasteiger partial charge in [-0.25, -0.2) is 4.39 Å². The van der Waals surface area contributed by atoms with Crippen molar-refractivity contribution in [3.63, 3.8) is 0 Å². The third kappa shape index (κ3) is 5.74. The second-order valence-electron chi connectivity index (χ2n) is 6.51. The SMILES string of the molecule is CN(C)c1ccc(C(CNC(=O)COc2ccc(F)cc2)N(C)C)cc1. The molecule has 0 spiro atoms. The molecule has 0 aliphatic heterocycles. The first-order valence-corrected chi connectivity index (χ1v) is 8.45. The molecule has 1 unspecified atom stereocenters. The Labute approximate surface area is 154 Å². The van der Waals surface area contributed by atoms with Crippen LogP contribution in [0.3, 0.4) is 0 Å².